The lowest BCUT2D eigenvalue weighted by Gasteiger charge is -2.07. The summed E-state index contributed by atoms with van der Waals surface area (Å²) in [4.78, 5) is 30.9. The standard InChI is InChI=1S/C16H18ClN3O2S/c1-3-18-14(21)8-13-10(2)19-16(20-15(13)22)23-9-11-5-4-6-12(17)7-11/h4-7H,3,8-9H2,1-2H3,(H,18,21)(H,19,20,22). The van der Waals surface area contributed by atoms with Crippen LogP contribution in [0.2, 0.25) is 5.02 Å². The van der Waals surface area contributed by atoms with Crippen LogP contribution in [0.1, 0.15) is 23.7 Å². The monoisotopic (exact) mass is 351 g/mol. The van der Waals surface area contributed by atoms with E-state index in [1.807, 2.05) is 31.2 Å². The predicted octanol–water partition coefficient (Wildman–Crippen LogP) is 2.70. The van der Waals surface area contributed by atoms with E-state index >= 15 is 0 Å². The third-order valence-electron chi connectivity index (χ3n) is 3.18. The predicted molar refractivity (Wildman–Crippen MR) is 93.0 cm³/mol. The highest BCUT2D eigenvalue weighted by Crippen LogP contribution is 2.21. The van der Waals surface area contributed by atoms with Crippen LogP contribution in [0.3, 0.4) is 0 Å². The van der Waals surface area contributed by atoms with Gasteiger partial charge in [0, 0.05) is 28.6 Å². The van der Waals surface area contributed by atoms with E-state index in [0.717, 1.165) is 5.56 Å². The number of nitrogens with one attached hydrogen (secondary N) is 2. The molecular formula is C16H18ClN3O2S. The summed E-state index contributed by atoms with van der Waals surface area (Å²) in [7, 11) is 0. The lowest BCUT2D eigenvalue weighted by molar-refractivity contribution is -0.120. The Morgan fingerprint density at radius 3 is 2.87 bits per heavy atom. The van der Waals surface area contributed by atoms with Crippen molar-refractivity contribution in [1.82, 2.24) is 15.3 Å². The maximum atomic E-state index is 12.2. The van der Waals surface area contributed by atoms with E-state index in [9.17, 15) is 9.59 Å². The third-order valence-corrected chi connectivity index (χ3v) is 4.36. The van der Waals surface area contributed by atoms with Crippen molar-refractivity contribution in [3.63, 3.8) is 0 Å². The number of nitrogens with zero attached hydrogens (tertiary/aromatic N) is 1. The lowest BCUT2D eigenvalue weighted by atomic mass is 10.1. The van der Waals surface area contributed by atoms with Crippen molar-refractivity contribution in [1.29, 1.82) is 0 Å². The quantitative estimate of drug-likeness (QED) is 0.620. The van der Waals surface area contributed by atoms with Gasteiger partial charge >= 0.3 is 0 Å². The summed E-state index contributed by atoms with van der Waals surface area (Å²) in [6.07, 6.45) is 0.0429. The molecule has 1 aromatic carbocycles. The molecule has 23 heavy (non-hydrogen) atoms. The molecule has 2 N–H and O–H groups in total. The fourth-order valence-electron chi connectivity index (χ4n) is 2.06. The highest BCUT2D eigenvalue weighted by atomic mass is 35.5. The fourth-order valence-corrected chi connectivity index (χ4v) is 3.12. The van der Waals surface area contributed by atoms with E-state index in [4.69, 9.17) is 11.6 Å². The van der Waals surface area contributed by atoms with Crippen LogP contribution in [-0.2, 0) is 17.0 Å². The van der Waals surface area contributed by atoms with Gasteiger partial charge in [-0.2, -0.15) is 0 Å². The Labute approximate surface area is 143 Å². The number of carbonyl (C=O) groups excluding carboxylic acids is 1. The molecule has 0 aliphatic heterocycles. The normalized spacial score (nSPS) is 10.6. The summed E-state index contributed by atoms with van der Waals surface area (Å²) in [6, 6.07) is 7.54. The largest absolute Gasteiger partial charge is 0.356 e. The Morgan fingerprint density at radius 1 is 1.43 bits per heavy atom. The molecule has 0 aliphatic rings. The van der Waals surface area contributed by atoms with E-state index in [0.29, 0.717) is 33.7 Å². The van der Waals surface area contributed by atoms with Crippen molar-refractivity contribution in [3.05, 3.63) is 56.5 Å². The zero-order valence-corrected chi connectivity index (χ0v) is 14.6. The van der Waals surface area contributed by atoms with Crippen molar-refractivity contribution in [2.45, 2.75) is 31.2 Å². The van der Waals surface area contributed by atoms with Crippen LogP contribution in [0.5, 0.6) is 0 Å². The van der Waals surface area contributed by atoms with Crippen molar-refractivity contribution in [2.75, 3.05) is 6.54 Å². The number of amides is 1. The third kappa shape index (κ3) is 5.11. The molecule has 0 atom stereocenters. The van der Waals surface area contributed by atoms with E-state index < -0.39 is 0 Å². The van der Waals surface area contributed by atoms with E-state index in [1.54, 1.807) is 6.92 Å². The minimum Gasteiger partial charge on any atom is -0.356 e. The zero-order valence-electron chi connectivity index (χ0n) is 13.0. The average molecular weight is 352 g/mol. The van der Waals surface area contributed by atoms with Crippen LogP contribution in [0.4, 0.5) is 0 Å². The Bertz CT molecular complexity index is 761. The first kappa shape index (κ1) is 17.6. The number of thioether (sulfide) groups is 1. The molecule has 2 rings (SSSR count). The molecule has 0 unspecified atom stereocenters. The molecule has 122 valence electrons. The summed E-state index contributed by atoms with van der Waals surface area (Å²) in [5.74, 6) is 0.473. The van der Waals surface area contributed by atoms with Crippen LogP contribution in [0.15, 0.2) is 34.2 Å². The summed E-state index contributed by atoms with van der Waals surface area (Å²) < 4.78 is 0. The van der Waals surface area contributed by atoms with Gasteiger partial charge in [0.1, 0.15) is 0 Å². The summed E-state index contributed by atoms with van der Waals surface area (Å²) in [5, 5.41) is 3.89. The smallest absolute Gasteiger partial charge is 0.255 e. The molecule has 0 aliphatic carbocycles. The fraction of sp³-hybridized carbons (Fsp3) is 0.312. The number of hydrogen-bond donors (Lipinski definition) is 2. The first-order valence-corrected chi connectivity index (χ1v) is 8.59. The number of aryl methyl sites for hydroxylation is 1. The maximum Gasteiger partial charge on any atom is 0.255 e. The van der Waals surface area contributed by atoms with Gasteiger partial charge in [-0.3, -0.25) is 9.59 Å². The molecule has 2 aromatic rings. The molecule has 5 nitrogen and oxygen atoms in total. The average Bonchev–Trinajstić information content (AvgIpc) is 2.49. The van der Waals surface area contributed by atoms with Crippen LogP contribution < -0.4 is 10.9 Å². The van der Waals surface area contributed by atoms with Gasteiger partial charge in [-0.1, -0.05) is 35.5 Å². The number of aromatic nitrogens is 2. The molecule has 0 spiro atoms. The van der Waals surface area contributed by atoms with Gasteiger partial charge in [-0.05, 0) is 31.5 Å². The molecule has 0 fully saturated rings. The minimum atomic E-state index is -0.266. The Hall–Kier alpha value is -1.79. The summed E-state index contributed by atoms with van der Waals surface area (Å²) >= 11 is 7.37. The second kappa shape index (κ2) is 8.17. The topological polar surface area (TPSA) is 74.8 Å². The number of likely N-dealkylation sites (N-methyl/N-ethyl adjacent to an activating group) is 1. The molecular weight excluding hydrogens is 334 g/mol. The highest BCUT2D eigenvalue weighted by molar-refractivity contribution is 7.98. The molecule has 7 heteroatoms. The number of hydrogen-bond acceptors (Lipinski definition) is 4. The Morgan fingerprint density at radius 2 is 2.22 bits per heavy atom. The number of carbonyl (C=O) groups is 1. The molecule has 0 saturated carbocycles. The van der Waals surface area contributed by atoms with Crippen LogP contribution in [0, 0.1) is 6.92 Å². The second-order valence-corrected chi connectivity index (χ2v) is 6.38. The second-order valence-electron chi connectivity index (χ2n) is 4.98. The molecule has 1 heterocycles. The SMILES string of the molecule is CCNC(=O)Cc1c(C)nc(SCc2cccc(Cl)c2)[nH]c1=O. The van der Waals surface area contributed by atoms with Crippen molar-refractivity contribution in [2.24, 2.45) is 0 Å². The lowest BCUT2D eigenvalue weighted by Crippen LogP contribution is -2.28. The van der Waals surface area contributed by atoms with Gasteiger partial charge in [-0.25, -0.2) is 4.98 Å². The molecule has 0 bridgehead atoms. The van der Waals surface area contributed by atoms with E-state index in [-0.39, 0.29) is 17.9 Å². The van der Waals surface area contributed by atoms with Crippen molar-refractivity contribution in [3.8, 4) is 0 Å². The van der Waals surface area contributed by atoms with Gasteiger partial charge in [0.25, 0.3) is 5.56 Å². The molecule has 0 saturated heterocycles. The van der Waals surface area contributed by atoms with E-state index in [2.05, 4.69) is 15.3 Å². The highest BCUT2D eigenvalue weighted by Gasteiger charge is 2.12. The number of aromatic amines is 1. The van der Waals surface area contributed by atoms with Crippen molar-refractivity contribution >= 4 is 29.3 Å². The van der Waals surface area contributed by atoms with Crippen LogP contribution in [-0.4, -0.2) is 22.4 Å². The Kier molecular flexibility index (Phi) is 6.24. The van der Waals surface area contributed by atoms with Gasteiger partial charge in [-0.15, -0.1) is 0 Å². The molecule has 0 radical (unpaired) electrons. The minimum absolute atomic E-state index is 0.0429. The Balaban J connectivity index is 2.10. The number of H-pyrrole nitrogens is 1. The molecule has 1 aromatic heterocycles. The maximum absolute atomic E-state index is 12.2. The van der Waals surface area contributed by atoms with Gasteiger partial charge in [0.15, 0.2) is 5.16 Å². The van der Waals surface area contributed by atoms with Crippen molar-refractivity contribution < 1.29 is 4.79 Å². The van der Waals surface area contributed by atoms with Crippen LogP contribution in [0.25, 0.3) is 0 Å². The number of halogens is 1. The first-order valence-electron chi connectivity index (χ1n) is 7.23. The van der Waals surface area contributed by atoms with Crippen LogP contribution >= 0.6 is 23.4 Å². The zero-order chi connectivity index (χ0) is 16.8. The summed E-state index contributed by atoms with van der Waals surface area (Å²) in [5.41, 5.74) is 1.77. The summed E-state index contributed by atoms with van der Waals surface area (Å²) in [6.45, 7) is 4.12. The van der Waals surface area contributed by atoms with Gasteiger partial charge in [0.05, 0.1) is 6.42 Å². The van der Waals surface area contributed by atoms with E-state index in [1.165, 1.54) is 11.8 Å². The number of rotatable bonds is 6. The van der Waals surface area contributed by atoms with Gasteiger partial charge < -0.3 is 10.3 Å². The van der Waals surface area contributed by atoms with Gasteiger partial charge in [0.2, 0.25) is 5.91 Å². The molecule has 1 amide bonds. The number of benzene rings is 1. The first-order chi connectivity index (χ1) is 11.0.